The number of pyridine rings is 1. The number of H-pyrrole nitrogens is 1. The quantitative estimate of drug-likeness (QED) is 0.675. The van der Waals surface area contributed by atoms with Crippen molar-refractivity contribution in [1.82, 2.24) is 15.3 Å². The van der Waals surface area contributed by atoms with Crippen molar-refractivity contribution in [3.63, 3.8) is 0 Å². The Kier molecular flexibility index (Phi) is 3.08. The van der Waals surface area contributed by atoms with Crippen LogP contribution >= 0.6 is 0 Å². The number of anilines is 1. The Morgan fingerprint density at radius 3 is 2.87 bits per heavy atom. The van der Waals surface area contributed by atoms with Crippen LogP contribution in [0.3, 0.4) is 0 Å². The molecular weight excluding hydrogens is 292 g/mol. The van der Waals surface area contributed by atoms with Crippen LogP contribution in [0.25, 0.3) is 10.9 Å². The summed E-state index contributed by atoms with van der Waals surface area (Å²) in [5.74, 6) is -0.584. The Labute approximate surface area is 131 Å². The van der Waals surface area contributed by atoms with E-state index < -0.39 is 6.04 Å². The Bertz CT molecular complexity index is 916. The molecular formula is C17H14N4O2. The molecule has 6 nitrogen and oxygen atoms in total. The maximum atomic E-state index is 12.4. The Hall–Kier alpha value is -3.15. The molecule has 1 aliphatic heterocycles. The van der Waals surface area contributed by atoms with Gasteiger partial charge in [0.15, 0.2) is 5.69 Å². The maximum absolute atomic E-state index is 12.4. The number of amides is 2. The second-order valence-electron chi connectivity index (χ2n) is 5.48. The molecule has 6 heteroatoms. The minimum absolute atomic E-state index is 0.238. The van der Waals surface area contributed by atoms with Crippen molar-refractivity contribution in [3.8, 4) is 0 Å². The van der Waals surface area contributed by atoms with Crippen molar-refractivity contribution in [2.45, 2.75) is 12.5 Å². The van der Waals surface area contributed by atoms with E-state index in [0.717, 1.165) is 16.5 Å². The zero-order valence-electron chi connectivity index (χ0n) is 12.2. The van der Waals surface area contributed by atoms with E-state index in [1.54, 1.807) is 12.1 Å². The third-order valence-corrected chi connectivity index (χ3v) is 4.00. The smallest absolute Gasteiger partial charge is 0.272 e. The van der Waals surface area contributed by atoms with Crippen molar-refractivity contribution in [3.05, 3.63) is 60.0 Å². The van der Waals surface area contributed by atoms with Crippen LogP contribution in [0.1, 0.15) is 16.1 Å². The van der Waals surface area contributed by atoms with Crippen LogP contribution in [0.15, 0.2) is 48.8 Å². The minimum Gasteiger partial charge on any atom is -0.361 e. The summed E-state index contributed by atoms with van der Waals surface area (Å²) in [5, 5.41) is 6.58. The number of nitrogens with one attached hydrogen (secondary N) is 3. The van der Waals surface area contributed by atoms with Gasteiger partial charge in [-0.25, -0.2) is 4.98 Å². The molecule has 1 atom stereocenters. The number of fused-ring (bicyclic) bond motifs is 2. The summed E-state index contributed by atoms with van der Waals surface area (Å²) in [5.41, 5.74) is 2.67. The molecule has 0 radical (unpaired) electrons. The first-order valence-electron chi connectivity index (χ1n) is 7.34. The number of carbonyl (C=O) groups excluding carboxylic acids is 2. The van der Waals surface area contributed by atoms with Crippen LogP contribution in [-0.4, -0.2) is 27.8 Å². The first kappa shape index (κ1) is 13.5. The summed E-state index contributed by atoms with van der Waals surface area (Å²) in [6, 6.07) is 10.6. The first-order valence-corrected chi connectivity index (χ1v) is 7.34. The van der Waals surface area contributed by atoms with Gasteiger partial charge in [0, 0.05) is 29.7 Å². The van der Waals surface area contributed by atoms with Gasteiger partial charge in [0.05, 0.1) is 5.69 Å². The van der Waals surface area contributed by atoms with Crippen LogP contribution in [0.5, 0.6) is 0 Å². The van der Waals surface area contributed by atoms with E-state index in [2.05, 4.69) is 20.6 Å². The van der Waals surface area contributed by atoms with E-state index in [4.69, 9.17) is 0 Å². The molecule has 0 aliphatic carbocycles. The second-order valence-corrected chi connectivity index (χ2v) is 5.48. The highest BCUT2D eigenvalue weighted by molar-refractivity contribution is 6.08. The molecule has 0 bridgehead atoms. The molecule has 0 saturated heterocycles. The number of hydrogen-bond acceptors (Lipinski definition) is 3. The van der Waals surface area contributed by atoms with E-state index in [1.807, 2.05) is 30.5 Å². The number of nitrogens with zero attached hydrogens (tertiary/aromatic N) is 1. The number of rotatable bonds is 2. The molecule has 1 aliphatic rings. The molecule has 23 heavy (non-hydrogen) atoms. The summed E-state index contributed by atoms with van der Waals surface area (Å²) in [6.07, 6.45) is 3.82. The fourth-order valence-electron chi connectivity index (χ4n) is 2.86. The predicted molar refractivity (Wildman–Crippen MR) is 86.1 cm³/mol. The topological polar surface area (TPSA) is 86.9 Å². The fraction of sp³-hybridized carbons (Fsp3) is 0.118. The number of carbonyl (C=O) groups is 2. The zero-order valence-corrected chi connectivity index (χ0v) is 12.2. The van der Waals surface area contributed by atoms with Crippen LogP contribution in [0, 0.1) is 0 Å². The highest BCUT2D eigenvalue weighted by atomic mass is 16.2. The van der Waals surface area contributed by atoms with E-state index in [-0.39, 0.29) is 17.5 Å². The number of aromatic nitrogens is 2. The first-order chi connectivity index (χ1) is 11.2. The van der Waals surface area contributed by atoms with Gasteiger partial charge < -0.3 is 15.6 Å². The number of para-hydroxylation sites is 1. The normalized spacial score (nSPS) is 17.3. The van der Waals surface area contributed by atoms with Crippen molar-refractivity contribution in [2.75, 3.05) is 5.32 Å². The SMILES string of the molecule is O=C1N[C@@H](Cc2c[nH]c3ccccc23)C(=O)Nc2cccnc21. The molecule has 3 heterocycles. The highest BCUT2D eigenvalue weighted by Crippen LogP contribution is 2.21. The van der Waals surface area contributed by atoms with E-state index >= 15 is 0 Å². The maximum Gasteiger partial charge on any atom is 0.272 e. The van der Waals surface area contributed by atoms with Gasteiger partial charge in [-0.15, -0.1) is 0 Å². The van der Waals surface area contributed by atoms with Gasteiger partial charge in [0.2, 0.25) is 5.91 Å². The Balaban J connectivity index is 1.65. The lowest BCUT2D eigenvalue weighted by molar-refractivity contribution is -0.117. The van der Waals surface area contributed by atoms with Crippen LogP contribution < -0.4 is 10.6 Å². The largest absolute Gasteiger partial charge is 0.361 e. The lowest BCUT2D eigenvalue weighted by Crippen LogP contribution is -2.42. The van der Waals surface area contributed by atoms with E-state index in [0.29, 0.717) is 12.1 Å². The van der Waals surface area contributed by atoms with Crippen LogP contribution in [0.2, 0.25) is 0 Å². The summed E-state index contributed by atoms with van der Waals surface area (Å²) < 4.78 is 0. The van der Waals surface area contributed by atoms with Crippen molar-refractivity contribution in [1.29, 1.82) is 0 Å². The van der Waals surface area contributed by atoms with Crippen LogP contribution in [0.4, 0.5) is 5.69 Å². The van der Waals surface area contributed by atoms with Gasteiger partial charge in [-0.3, -0.25) is 9.59 Å². The van der Waals surface area contributed by atoms with E-state index in [9.17, 15) is 9.59 Å². The molecule has 2 amide bonds. The van der Waals surface area contributed by atoms with Gasteiger partial charge >= 0.3 is 0 Å². The molecule has 114 valence electrons. The van der Waals surface area contributed by atoms with Gasteiger partial charge in [0.25, 0.3) is 5.91 Å². The number of hydrogen-bond donors (Lipinski definition) is 3. The third kappa shape index (κ3) is 2.34. The molecule has 0 spiro atoms. The lowest BCUT2D eigenvalue weighted by Gasteiger charge is -2.13. The monoisotopic (exact) mass is 306 g/mol. The highest BCUT2D eigenvalue weighted by Gasteiger charge is 2.29. The molecule has 1 aromatic carbocycles. The van der Waals surface area contributed by atoms with Crippen molar-refractivity contribution < 1.29 is 9.59 Å². The molecule has 0 fully saturated rings. The van der Waals surface area contributed by atoms with Gasteiger partial charge in [0.1, 0.15) is 6.04 Å². The number of aromatic amines is 1. The summed E-state index contributed by atoms with van der Waals surface area (Å²) >= 11 is 0. The summed E-state index contributed by atoms with van der Waals surface area (Å²) in [4.78, 5) is 31.9. The molecule has 3 N–H and O–H groups in total. The lowest BCUT2D eigenvalue weighted by atomic mass is 10.0. The van der Waals surface area contributed by atoms with Crippen molar-refractivity contribution >= 4 is 28.4 Å². The fourth-order valence-corrected chi connectivity index (χ4v) is 2.86. The minimum atomic E-state index is -0.643. The van der Waals surface area contributed by atoms with Gasteiger partial charge in [-0.05, 0) is 23.8 Å². The second kappa shape index (κ2) is 5.24. The van der Waals surface area contributed by atoms with E-state index in [1.165, 1.54) is 6.20 Å². The van der Waals surface area contributed by atoms with Gasteiger partial charge in [-0.2, -0.15) is 0 Å². The molecule has 3 aromatic rings. The Morgan fingerprint density at radius 1 is 1.09 bits per heavy atom. The molecule has 0 saturated carbocycles. The predicted octanol–water partition coefficient (Wildman–Crippen LogP) is 1.86. The summed E-state index contributed by atoms with van der Waals surface area (Å²) in [7, 11) is 0. The molecule has 4 rings (SSSR count). The third-order valence-electron chi connectivity index (χ3n) is 4.00. The average molecular weight is 306 g/mol. The van der Waals surface area contributed by atoms with Gasteiger partial charge in [-0.1, -0.05) is 18.2 Å². The number of benzene rings is 1. The Morgan fingerprint density at radius 2 is 1.96 bits per heavy atom. The van der Waals surface area contributed by atoms with Crippen LogP contribution in [-0.2, 0) is 11.2 Å². The zero-order chi connectivity index (χ0) is 15.8. The standard InChI is InChI=1S/C17H14N4O2/c22-16-14(8-10-9-19-12-5-2-1-4-11(10)12)21-17(23)15-13(20-16)6-3-7-18-15/h1-7,9,14,19H,8H2,(H,20,22)(H,21,23)/t14-/m0/s1. The van der Waals surface area contributed by atoms with Crippen molar-refractivity contribution in [2.24, 2.45) is 0 Å². The average Bonchev–Trinajstić information content (AvgIpc) is 2.92. The summed E-state index contributed by atoms with van der Waals surface area (Å²) in [6.45, 7) is 0. The molecule has 0 unspecified atom stereocenters. The molecule has 2 aromatic heterocycles.